The fourth-order valence-corrected chi connectivity index (χ4v) is 4.92. The van der Waals surface area contributed by atoms with Gasteiger partial charge in [0.05, 0.1) is 21.2 Å². The first kappa shape index (κ1) is 22.0. The number of thiophene rings is 1. The third-order valence-corrected chi connectivity index (χ3v) is 6.45. The van der Waals surface area contributed by atoms with Gasteiger partial charge >= 0.3 is 6.18 Å². The number of benzene rings is 1. The molecule has 1 aromatic carbocycles. The predicted octanol–water partition coefficient (Wildman–Crippen LogP) is 3.79. The van der Waals surface area contributed by atoms with Crippen LogP contribution in [0.2, 0.25) is 0 Å². The molecule has 6 nitrogen and oxygen atoms in total. The van der Waals surface area contributed by atoms with E-state index < -0.39 is 23.1 Å². The van der Waals surface area contributed by atoms with Crippen molar-refractivity contribution in [2.75, 3.05) is 13.1 Å². The second-order valence-corrected chi connectivity index (χ2v) is 8.40. The highest BCUT2D eigenvalue weighted by Gasteiger charge is 2.34. The Morgan fingerprint density at radius 2 is 1.91 bits per heavy atom. The lowest BCUT2D eigenvalue weighted by Crippen LogP contribution is -2.35. The summed E-state index contributed by atoms with van der Waals surface area (Å²) in [6.07, 6.45) is -1.83. The van der Waals surface area contributed by atoms with E-state index in [4.69, 9.17) is 11.1 Å². The standard InChI is InChI=1S/C21H18F4N4O2S/c22-15-4-3-11(7-14(15)21(23,24)25)13-10-32-18-12(19(26)27)8-29(20(31)17(13)18)9-16(30)28-5-1-2-6-28/h3-4,7-8,10H,1-2,5-6,9H2,(H3,26,27). The molecule has 0 atom stereocenters. The van der Waals surface area contributed by atoms with E-state index >= 15 is 0 Å². The van der Waals surface area contributed by atoms with Gasteiger partial charge in [-0.15, -0.1) is 11.3 Å². The highest BCUT2D eigenvalue weighted by atomic mass is 32.1. The number of alkyl halides is 3. The zero-order valence-corrected chi connectivity index (χ0v) is 17.4. The van der Waals surface area contributed by atoms with Crippen molar-refractivity contribution in [1.82, 2.24) is 9.47 Å². The summed E-state index contributed by atoms with van der Waals surface area (Å²) >= 11 is 1.04. The van der Waals surface area contributed by atoms with E-state index in [9.17, 15) is 27.2 Å². The first-order valence-corrected chi connectivity index (χ1v) is 10.6. The number of amidine groups is 1. The smallest absolute Gasteiger partial charge is 0.384 e. The second kappa shape index (κ2) is 8.05. The number of amides is 1. The van der Waals surface area contributed by atoms with Crippen LogP contribution in [0.1, 0.15) is 24.0 Å². The SMILES string of the molecule is N=C(N)c1cn(CC(=O)N2CCCC2)c(=O)c2c(-c3ccc(F)c(C(F)(F)F)c3)csc12. The fourth-order valence-electron chi connectivity index (χ4n) is 3.83. The lowest BCUT2D eigenvalue weighted by atomic mass is 10.0. The molecule has 32 heavy (non-hydrogen) atoms. The maximum atomic E-state index is 13.8. The number of halogens is 4. The summed E-state index contributed by atoms with van der Waals surface area (Å²) in [4.78, 5) is 27.5. The van der Waals surface area contributed by atoms with Gasteiger partial charge in [-0.25, -0.2) is 4.39 Å². The number of carbonyl (C=O) groups is 1. The molecule has 3 heterocycles. The van der Waals surface area contributed by atoms with Crippen LogP contribution in [0, 0.1) is 11.2 Å². The molecule has 0 radical (unpaired) electrons. The van der Waals surface area contributed by atoms with Gasteiger partial charge < -0.3 is 15.2 Å². The van der Waals surface area contributed by atoms with Gasteiger partial charge in [-0.3, -0.25) is 15.0 Å². The summed E-state index contributed by atoms with van der Waals surface area (Å²) in [5, 5.41) is 9.38. The third kappa shape index (κ3) is 3.88. The molecule has 1 aliphatic rings. The van der Waals surface area contributed by atoms with Crippen LogP contribution < -0.4 is 11.3 Å². The number of pyridine rings is 1. The van der Waals surface area contributed by atoms with Crippen LogP contribution in [-0.4, -0.2) is 34.3 Å². The summed E-state index contributed by atoms with van der Waals surface area (Å²) in [6, 6.07) is 2.51. The van der Waals surface area contributed by atoms with Crippen molar-refractivity contribution in [3.05, 3.63) is 57.1 Å². The first-order chi connectivity index (χ1) is 15.1. The zero-order chi connectivity index (χ0) is 23.2. The fraction of sp³-hybridized carbons (Fsp3) is 0.286. The molecule has 0 aliphatic carbocycles. The van der Waals surface area contributed by atoms with Gasteiger partial charge in [-0.05, 0) is 30.5 Å². The normalized spacial score (nSPS) is 14.3. The molecule has 1 aliphatic heterocycles. The number of aromatic nitrogens is 1. The number of nitrogens with two attached hydrogens (primary N) is 1. The number of carbonyl (C=O) groups excluding carboxylic acids is 1. The van der Waals surface area contributed by atoms with E-state index in [1.54, 1.807) is 4.90 Å². The van der Waals surface area contributed by atoms with Gasteiger partial charge in [-0.2, -0.15) is 13.2 Å². The lowest BCUT2D eigenvalue weighted by molar-refractivity contribution is -0.140. The molecular formula is C21H18F4N4O2S. The summed E-state index contributed by atoms with van der Waals surface area (Å²) < 4.78 is 54.8. The first-order valence-electron chi connectivity index (χ1n) is 9.72. The maximum Gasteiger partial charge on any atom is 0.419 e. The van der Waals surface area contributed by atoms with E-state index in [1.165, 1.54) is 11.6 Å². The molecule has 1 saturated heterocycles. The third-order valence-electron chi connectivity index (χ3n) is 5.43. The monoisotopic (exact) mass is 466 g/mol. The van der Waals surface area contributed by atoms with E-state index in [0.29, 0.717) is 29.9 Å². The minimum Gasteiger partial charge on any atom is -0.384 e. The Morgan fingerprint density at radius 1 is 1.22 bits per heavy atom. The van der Waals surface area contributed by atoms with Crippen LogP contribution in [-0.2, 0) is 17.5 Å². The Labute approximate surface area is 183 Å². The van der Waals surface area contributed by atoms with Crippen molar-refractivity contribution in [3.63, 3.8) is 0 Å². The van der Waals surface area contributed by atoms with Gasteiger partial charge in [0.15, 0.2) is 0 Å². The summed E-state index contributed by atoms with van der Waals surface area (Å²) in [5.41, 5.74) is 4.00. The molecule has 3 N–H and O–H groups in total. The van der Waals surface area contributed by atoms with Crippen molar-refractivity contribution >= 4 is 33.2 Å². The van der Waals surface area contributed by atoms with E-state index in [1.807, 2.05) is 0 Å². The number of likely N-dealkylation sites (tertiary alicyclic amines) is 1. The van der Waals surface area contributed by atoms with Crippen molar-refractivity contribution in [2.45, 2.75) is 25.6 Å². The van der Waals surface area contributed by atoms with E-state index in [2.05, 4.69) is 0 Å². The number of hydrogen-bond donors (Lipinski definition) is 2. The van der Waals surface area contributed by atoms with Crippen LogP contribution in [0.4, 0.5) is 17.6 Å². The molecule has 11 heteroatoms. The molecule has 0 spiro atoms. The summed E-state index contributed by atoms with van der Waals surface area (Å²) in [6.45, 7) is 0.908. The molecule has 1 amide bonds. The average Bonchev–Trinajstić information content (AvgIpc) is 3.39. The predicted molar refractivity (Wildman–Crippen MR) is 113 cm³/mol. The largest absolute Gasteiger partial charge is 0.419 e. The Bertz CT molecular complexity index is 1290. The molecule has 0 unspecified atom stereocenters. The Kier molecular flexibility index (Phi) is 5.53. The number of fused-ring (bicyclic) bond motifs is 1. The van der Waals surface area contributed by atoms with Crippen LogP contribution >= 0.6 is 11.3 Å². The second-order valence-electron chi connectivity index (χ2n) is 7.52. The Balaban J connectivity index is 1.89. The Morgan fingerprint density at radius 3 is 2.53 bits per heavy atom. The minimum absolute atomic E-state index is 0.000182. The number of nitrogens with one attached hydrogen (secondary N) is 1. The summed E-state index contributed by atoms with van der Waals surface area (Å²) in [7, 11) is 0. The van der Waals surface area contributed by atoms with Gasteiger partial charge in [0, 0.05) is 30.2 Å². The molecule has 168 valence electrons. The summed E-state index contributed by atoms with van der Waals surface area (Å²) in [5.74, 6) is -2.03. The molecule has 0 bridgehead atoms. The minimum atomic E-state index is -4.90. The number of nitrogens with zero attached hydrogens (tertiary/aromatic N) is 2. The van der Waals surface area contributed by atoms with Crippen LogP contribution in [0.5, 0.6) is 0 Å². The molecule has 0 saturated carbocycles. The molecule has 1 fully saturated rings. The lowest BCUT2D eigenvalue weighted by Gasteiger charge is -2.17. The van der Waals surface area contributed by atoms with Crippen molar-refractivity contribution in [3.8, 4) is 11.1 Å². The number of hydrogen-bond acceptors (Lipinski definition) is 4. The number of nitrogen functional groups attached to an aromatic ring is 1. The molecule has 4 rings (SSSR count). The van der Waals surface area contributed by atoms with Gasteiger partial charge in [0.2, 0.25) is 5.91 Å². The highest BCUT2D eigenvalue weighted by Crippen LogP contribution is 2.38. The maximum absolute atomic E-state index is 13.8. The van der Waals surface area contributed by atoms with E-state index in [-0.39, 0.29) is 40.4 Å². The van der Waals surface area contributed by atoms with Gasteiger partial charge in [0.25, 0.3) is 5.56 Å². The van der Waals surface area contributed by atoms with E-state index in [0.717, 1.165) is 34.8 Å². The van der Waals surface area contributed by atoms with Crippen LogP contribution in [0.3, 0.4) is 0 Å². The topological polar surface area (TPSA) is 92.2 Å². The Hall–Kier alpha value is -3.21. The van der Waals surface area contributed by atoms with Crippen molar-refractivity contribution < 1.29 is 22.4 Å². The highest BCUT2D eigenvalue weighted by molar-refractivity contribution is 7.18. The quantitative estimate of drug-likeness (QED) is 0.348. The van der Waals surface area contributed by atoms with Gasteiger partial charge in [0.1, 0.15) is 18.2 Å². The van der Waals surface area contributed by atoms with Crippen LogP contribution in [0.15, 0.2) is 34.6 Å². The van der Waals surface area contributed by atoms with Crippen molar-refractivity contribution in [2.24, 2.45) is 5.73 Å². The zero-order valence-electron chi connectivity index (χ0n) is 16.6. The molecule has 2 aromatic heterocycles. The number of rotatable bonds is 4. The molecule has 3 aromatic rings. The average molecular weight is 466 g/mol. The molecular weight excluding hydrogens is 448 g/mol. The van der Waals surface area contributed by atoms with Crippen molar-refractivity contribution in [1.29, 1.82) is 5.41 Å². The van der Waals surface area contributed by atoms with Gasteiger partial charge in [-0.1, -0.05) is 6.07 Å². The van der Waals surface area contributed by atoms with Crippen LogP contribution in [0.25, 0.3) is 21.2 Å².